The molecule has 134 valence electrons. The number of rotatable bonds is 8. The zero-order chi connectivity index (χ0) is 18.1. The Morgan fingerprint density at radius 1 is 1.12 bits per heavy atom. The Balaban J connectivity index is 1.75. The van der Waals surface area contributed by atoms with E-state index in [0.717, 1.165) is 5.69 Å². The number of benzene rings is 2. The first-order chi connectivity index (χ1) is 12.0. The molecule has 2 N–H and O–H groups in total. The van der Waals surface area contributed by atoms with Crippen molar-refractivity contribution in [2.24, 2.45) is 5.92 Å². The number of halogens is 1. The van der Waals surface area contributed by atoms with Crippen molar-refractivity contribution in [3.8, 4) is 5.75 Å². The molecule has 25 heavy (non-hydrogen) atoms. The van der Waals surface area contributed by atoms with Crippen LogP contribution < -0.4 is 15.4 Å². The van der Waals surface area contributed by atoms with Gasteiger partial charge in [-0.1, -0.05) is 19.9 Å². The molecule has 0 fully saturated rings. The molecule has 2 rings (SSSR count). The Bertz CT molecular complexity index is 675. The average molecular weight is 346 g/mol. The summed E-state index contributed by atoms with van der Waals surface area (Å²) in [7, 11) is 0. The van der Waals surface area contributed by atoms with Crippen molar-refractivity contribution in [3.05, 3.63) is 54.3 Å². The number of hydrogen-bond acceptors (Lipinski definition) is 4. The van der Waals surface area contributed by atoms with Gasteiger partial charge in [0.2, 0.25) is 0 Å². The van der Waals surface area contributed by atoms with E-state index in [1.54, 1.807) is 18.2 Å². The number of carbonyl (C=O) groups excluding carboxylic acids is 1. The maximum atomic E-state index is 12.8. The van der Waals surface area contributed by atoms with Crippen LogP contribution in [0.5, 0.6) is 5.75 Å². The third-order valence-corrected chi connectivity index (χ3v) is 3.17. The second-order valence-corrected chi connectivity index (χ2v) is 5.93. The first kappa shape index (κ1) is 18.6. The second kappa shape index (κ2) is 9.52. The van der Waals surface area contributed by atoms with Gasteiger partial charge < -0.3 is 14.8 Å². The molecule has 0 aliphatic rings. The fourth-order valence-corrected chi connectivity index (χ4v) is 2.00. The van der Waals surface area contributed by atoms with Crippen molar-refractivity contribution in [2.75, 3.05) is 30.4 Å². The van der Waals surface area contributed by atoms with Gasteiger partial charge in [0.05, 0.1) is 6.61 Å². The molecule has 0 radical (unpaired) electrons. The molecule has 0 saturated heterocycles. The van der Waals surface area contributed by atoms with Crippen LogP contribution in [-0.4, -0.2) is 25.9 Å². The number of hydrogen-bond donors (Lipinski definition) is 2. The molecule has 2 aromatic rings. The second-order valence-electron chi connectivity index (χ2n) is 5.93. The summed E-state index contributed by atoms with van der Waals surface area (Å²) in [5, 5.41) is 5.89. The van der Waals surface area contributed by atoms with Crippen molar-refractivity contribution in [1.82, 2.24) is 0 Å². The molecule has 6 heteroatoms. The zero-order valence-corrected chi connectivity index (χ0v) is 14.4. The first-order valence-electron chi connectivity index (χ1n) is 8.19. The molecule has 0 bridgehead atoms. The number of carbonyl (C=O) groups is 1. The fourth-order valence-electron chi connectivity index (χ4n) is 2.00. The summed E-state index contributed by atoms with van der Waals surface area (Å²) in [6.07, 6.45) is -0.467. The lowest BCUT2D eigenvalue weighted by Gasteiger charge is -2.11. The van der Waals surface area contributed by atoms with Crippen LogP contribution in [0, 0.1) is 11.7 Å². The maximum Gasteiger partial charge on any atom is 0.411 e. The topological polar surface area (TPSA) is 59.6 Å². The van der Waals surface area contributed by atoms with Crippen LogP contribution in [0.25, 0.3) is 0 Å². The summed E-state index contributed by atoms with van der Waals surface area (Å²) in [4.78, 5) is 11.7. The molecule has 0 aromatic heterocycles. The summed E-state index contributed by atoms with van der Waals surface area (Å²) in [5.41, 5.74) is 1.50. The van der Waals surface area contributed by atoms with Crippen LogP contribution in [-0.2, 0) is 4.74 Å². The van der Waals surface area contributed by atoms with Crippen LogP contribution in [0.15, 0.2) is 48.5 Å². The highest BCUT2D eigenvalue weighted by molar-refractivity contribution is 5.85. The molecule has 0 aliphatic heterocycles. The van der Waals surface area contributed by atoms with Crippen LogP contribution in [0.1, 0.15) is 13.8 Å². The van der Waals surface area contributed by atoms with Gasteiger partial charge in [-0.2, -0.15) is 0 Å². The molecule has 1 amide bonds. The van der Waals surface area contributed by atoms with Gasteiger partial charge in [0.1, 0.15) is 18.2 Å². The SMILES string of the molecule is CC(C)COC(=O)Nc1cccc(NCCOc2ccc(F)cc2)c1. The molecule has 0 saturated carbocycles. The molecular formula is C19H23FN2O3. The quantitative estimate of drug-likeness (QED) is 0.690. The molecule has 2 aromatic carbocycles. The molecule has 0 atom stereocenters. The number of nitrogens with one attached hydrogen (secondary N) is 2. The molecular weight excluding hydrogens is 323 g/mol. The van der Waals surface area contributed by atoms with Crippen molar-refractivity contribution >= 4 is 17.5 Å². The lowest BCUT2D eigenvalue weighted by Crippen LogP contribution is -2.17. The van der Waals surface area contributed by atoms with E-state index in [2.05, 4.69) is 10.6 Å². The summed E-state index contributed by atoms with van der Waals surface area (Å²) in [6, 6.07) is 13.2. The van der Waals surface area contributed by atoms with E-state index >= 15 is 0 Å². The lowest BCUT2D eigenvalue weighted by molar-refractivity contribution is 0.147. The van der Waals surface area contributed by atoms with Crippen LogP contribution in [0.2, 0.25) is 0 Å². The van der Waals surface area contributed by atoms with E-state index in [1.807, 2.05) is 32.0 Å². The van der Waals surface area contributed by atoms with Gasteiger partial charge in [0.15, 0.2) is 0 Å². The standard InChI is InChI=1S/C19H23FN2O3/c1-14(2)13-25-19(23)22-17-5-3-4-16(12-17)21-10-11-24-18-8-6-15(20)7-9-18/h3-9,12,14,21H,10-11,13H2,1-2H3,(H,22,23). The average Bonchev–Trinajstić information content (AvgIpc) is 2.59. The highest BCUT2D eigenvalue weighted by Crippen LogP contribution is 2.15. The Labute approximate surface area is 147 Å². The van der Waals surface area contributed by atoms with E-state index in [1.165, 1.54) is 12.1 Å². The predicted molar refractivity (Wildman–Crippen MR) is 96.6 cm³/mol. The van der Waals surface area contributed by atoms with Gasteiger partial charge in [-0.25, -0.2) is 9.18 Å². The van der Waals surface area contributed by atoms with Crippen LogP contribution in [0.3, 0.4) is 0 Å². The fraction of sp³-hybridized carbons (Fsp3) is 0.316. The molecule has 0 spiro atoms. The van der Waals surface area contributed by atoms with Gasteiger partial charge in [-0.05, 0) is 48.4 Å². The maximum absolute atomic E-state index is 12.8. The summed E-state index contributed by atoms with van der Waals surface area (Å²) < 4.78 is 23.4. The van der Waals surface area contributed by atoms with Crippen molar-refractivity contribution < 1.29 is 18.7 Å². The molecule has 0 unspecified atom stereocenters. The van der Waals surface area contributed by atoms with Gasteiger partial charge in [0.25, 0.3) is 0 Å². The predicted octanol–water partition coefficient (Wildman–Crippen LogP) is 4.52. The summed E-state index contributed by atoms with van der Waals surface area (Å²) in [6.45, 7) is 5.33. The van der Waals surface area contributed by atoms with E-state index in [9.17, 15) is 9.18 Å². The first-order valence-corrected chi connectivity index (χ1v) is 8.19. The Kier molecular flexibility index (Phi) is 7.07. The summed E-state index contributed by atoms with van der Waals surface area (Å²) >= 11 is 0. The molecule has 0 aliphatic carbocycles. The van der Waals surface area contributed by atoms with Crippen molar-refractivity contribution in [3.63, 3.8) is 0 Å². The minimum absolute atomic E-state index is 0.290. The number of amides is 1. The normalized spacial score (nSPS) is 10.4. The minimum atomic E-state index is -0.467. The van der Waals surface area contributed by atoms with E-state index < -0.39 is 6.09 Å². The largest absolute Gasteiger partial charge is 0.492 e. The van der Waals surface area contributed by atoms with Gasteiger partial charge >= 0.3 is 6.09 Å². The third-order valence-electron chi connectivity index (χ3n) is 3.17. The van der Waals surface area contributed by atoms with Gasteiger partial charge in [-0.15, -0.1) is 0 Å². The Morgan fingerprint density at radius 3 is 2.56 bits per heavy atom. The monoisotopic (exact) mass is 346 g/mol. The van der Waals surface area contributed by atoms with Crippen LogP contribution in [0.4, 0.5) is 20.6 Å². The highest BCUT2D eigenvalue weighted by atomic mass is 19.1. The molecule has 0 heterocycles. The van der Waals surface area contributed by atoms with E-state index in [-0.39, 0.29) is 5.82 Å². The van der Waals surface area contributed by atoms with Crippen molar-refractivity contribution in [2.45, 2.75) is 13.8 Å². The Hall–Kier alpha value is -2.76. The van der Waals surface area contributed by atoms with Gasteiger partial charge in [-0.3, -0.25) is 5.32 Å². The van der Waals surface area contributed by atoms with Crippen molar-refractivity contribution in [1.29, 1.82) is 0 Å². The zero-order valence-electron chi connectivity index (χ0n) is 14.4. The van der Waals surface area contributed by atoms with Crippen LogP contribution >= 0.6 is 0 Å². The van der Waals surface area contributed by atoms with Gasteiger partial charge in [0, 0.05) is 17.9 Å². The lowest BCUT2D eigenvalue weighted by atomic mass is 10.2. The third kappa shape index (κ3) is 7.12. The summed E-state index contributed by atoms with van der Waals surface area (Å²) in [5.74, 6) is 0.619. The van der Waals surface area contributed by atoms with E-state index in [0.29, 0.717) is 37.1 Å². The molecule has 5 nitrogen and oxygen atoms in total. The van der Waals surface area contributed by atoms with E-state index in [4.69, 9.17) is 9.47 Å². The minimum Gasteiger partial charge on any atom is -0.492 e. The smallest absolute Gasteiger partial charge is 0.411 e. The number of anilines is 2. The highest BCUT2D eigenvalue weighted by Gasteiger charge is 2.05. The number of ether oxygens (including phenoxy) is 2. The Morgan fingerprint density at radius 2 is 1.84 bits per heavy atom.